The van der Waals surface area contributed by atoms with E-state index in [2.05, 4.69) is 5.32 Å². The van der Waals surface area contributed by atoms with E-state index in [0.717, 1.165) is 11.3 Å². The maximum absolute atomic E-state index is 12.1. The Kier molecular flexibility index (Phi) is 5.30. The van der Waals surface area contributed by atoms with Crippen molar-refractivity contribution in [2.45, 2.75) is 31.7 Å². The van der Waals surface area contributed by atoms with Crippen molar-refractivity contribution in [2.24, 2.45) is 0 Å². The first-order valence-corrected chi connectivity index (χ1v) is 8.08. The SMILES string of the molecule is O=C(Nc1ccc(COc2ccccc2)cc1)[C@@H]1CC[C@H](C(=O)O)O1. The van der Waals surface area contributed by atoms with E-state index in [0.29, 0.717) is 25.1 Å². The normalized spacial score (nSPS) is 19.4. The van der Waals surface area contributed by atoms with Crippen LogP contribution in [0, 0.1) is 0 Å². The predicted octanol–water partition coefficient (Wildman–Crippen LogP) is 2.84. The van der Waals surface area contributed by atoms with Gasteiger partial charge >= 0.3 is 5.97 Å². The van der Waals surface area contributed by atoms with Crippen LogP contribution < -0.4 is 10.1 Å². The molecule has 2 N–H and O–H groups in total. The number of nitrogens with one attached hydrogen (secondary N) is 1. The fraction of sp³-hybridized carbons (Fsp3) is 0.263. The van der Waals surface area contributed by atoms with Crippen LogP contribution in [0.25, 0.3) is 0 Å². The lowest BCUT2D eigenvalue weighted by molar-refractivity contribution is -0.150. The smallest absolute Gasteiger partial charge is 0.332 e. The van der Waals surface area contributed by atoms with Crippen LogP contribution in [0.5, 0.6) is 5.75 Å². The number of benzene rings is 2. The van der Waals surface area contributed by atoms with Crippen LogP contribution >= 0.6 is 0 Å². The molecule has 0 aliphatic carbocycles. The number of hydrogen-bond donors (Lipinski definition) is 2. The van der Waals surface area contributed by atoms with E-state index in [-0.39, 0.29) is 5.91 Å². The second-order valence-corrected chi connectivity index (χ2v) is 5.82. The Hall–Kier alpha value is -2.86. The molecular formula is C19H19NO5. The summed E-state index contributed by atoms with van der Waals surface area (Å²) < 4.78 is 10.9. The maximum Gasteiger partial charge on any atom is 0.332 e. The number of ether oxygens (including phenoxy) is 2. The van der Waals surface area contributed by atoms with Crippen LogP contribution in [-0.4, -0.2) is 29.2 Å². The molecule has 1 saturated heterocycles. The van der Waals surface area contributed by atoms with Crippen LogP contribution in [0.2, 0.25) is 0 Å². The zero-order chi connectivity index (χ0) is 17.6. The summed E-state index contributed by atoms with van der Waals surface area (Å²) in [6, 6.07) is 16.8. The monoisotopic (exact) mass is 341 g/mol. The van der Waals surface area contributed by atoms with Crippen LogP contribution in [0.3, 0.4) is 0 Å². The largest absolute Gasteiger partial charge is 0.489 e. The molecule has 6 heteroatoms. The van der Waals surface area contributed by atoms with Crippen LogP contribution in [-0.2, 0) is 20.9 Å². The van der Waals surface area contributed by atoms with Gasteiger partial charge in [-0.2, -0.15) is 0 Å². The van der Waals surface area contributed by atoms with Gasteiger partial charge < -0.3 is 19.9 Å². The second-order valence-electron chi connectivity index (χ2n) is 5.82. The summed E-state index contributed by atoms with van der Waals surface area (Å²) in [7, 11) is 0. The summed E-state index contributed by atoms with van der Waals surface area (Å²) in [6.45, 7) is 0.435. The quantitative estimate of drug-likeness (QED) is 0.844. The van der Waals surface area contributed by atoms with Gasteiger partial charge in [-0.05, 0) is 42.7 Å². The van der Waals surface area contributed by atoms with Crippen molar-refractivity contribution in [2.75, 3.05) is 5.32 Å². The molecule has 25 heavy (non-hydrogen) atoms. The third kappa shape index (κ3) is 4.58. The van der Waals surface area contributed by atoms with Gasteiger partial charge in [-0.25, -0.2) is 4.79 Å². The second kappa shape index (κ2) is 7.81. The predicted molar refractivity (Wildman–Crippen MR) is 91.4 cm³/mol. The summed E-state index contributed by atoms with van der Waals surface area (Å²) in [4.78, 5) is 23.0. The lowest BCUT2D eigenvalue weighted by Gasteiger charge is -2.12. The van der Waals surface area contributed by atoms with Crippen molar-refractivity contribution in [3.8, 4) is 5.75 Å². The standard InChI is InChI=1S/C19H19NO5/c21-18(16-10-11-17(25-16)19(22)23)20-14-8-6-13(7-9-14)12-24-15-4-2-1-3-5-15/h1-9,16-17H,10-12H2,(H,20,21)(H,22,23)/t16-,17+/m0/s1. The maximum atomic E-state index is 12.1. The lowest BCUT2D eigenvalue weighted by Crippen LogP contribution is -2.29. The van der Waals surface area contributed by atoms with E-state index >= 15 is 0 Å². The highest BCUT2D eigenvalue weighted by Gasteiger charge is 2.34. The summed E-state index contributed by atoms with van der Waals surface area (Å²) in [5.41, 5.74) is 1.61. The first-order chi connectivity index (χ1) is 12.1. The van der Waals surface area contributed by atoms with E-state index in [1.54, 1.807) is 12.1 Å². The average molecular weight is 341 g/mol. The number of anilines is 1. The highest BCUT2D eigenvalue weighted by Crippen LogP contribution is 2.21. The topological polar surface area (TPSA) is 84.9 Å². The summed E-state index contributed by atoms with van der Waals surface area (Å²) in [5.74, 6) is -0.554. The summed E-state index contributed by atoms with van der Waals surface area (Å²) in [5, 5.41) is 11.6. The van der Waals surface area contributed by atoms with Crippen molar-refractivity contribution in [1.29, 1.82) is 0 Å². The number of carboxylic acid groups (broad SMARTS) is 1. The van der Waals surface area contributed by atoms with Gasteiger partial charge in [0.25, 0.3) is 5.91 Å². The zero-order valence-corrected chi connectivity index (χ0v) is 13.6. The molecule has 1 heterocycles. The van der Waals surface area contributed by atoms with E-state index in [1.807, 2.05) is 42.5 Å². The third-order valence-corrected chi connectivity index (χ3v) is 3.96. The zero-order valence-electron chi connectivity index (χ0n) is 13.6. The number of amides is 1. The van der Waals surface area contributed by atoms with Gasteiger partial charge in [-0.3, -0.25) is 4.79 Å². The fourth-order valence-electron chi connectivity index (χ4n) is 2.60. The third-order valence-electron chi connectivity index (χ3n) is 3.96. The summed E-state index contributed by atoms with van der Waals surface area (Å²) >= 11 is 0. The lowest BCUT2D eigenvalue weighted by atomic mass is 10.1. The number of para-hydroxylation sites is 1. The molecule has 0 bridgehead atoms. The molecule has 3 rings (SSSR count). The van der Waals surface area contributed by atoms with Gasteiger partial charge in [0.1, 0.15) is 18.5 Å². The Bertz CT molecular complexity index is 729. The molecule has 2 aromatic rings. The van der Waals surface area contributed by atoms with E-state index in [4.69, 9.17) is 14.6 Å². The number of aliphatic carboxylic acids is 1. The minimum absolute atomic E-state index is 0.322. The van der Waals surface area contributed by atoms with Crippen LogP contribution in [0.1, 0.15) is 18.4 Å². The van der Waals surface area contributed by atoms with Crippen molar-refractivity contribution in [1.82, 2.24) is 0 Å². The van der Waals surface area contributed by atoms with Gasteiger partial charge in [0.15, 0.2) is 6.10 Å². The van der Waals surface area contributed by atoms with Gasteiger partial charge in [-0.15, -0.1) is 0 Å². The van der Waals surface area contributed by atoms with E-state index < -0.39 is 18.2 Å². The Balaban J connectivity index is 1.50. The van der Waals surface area contributed by atoms with Crippen molar-refractivity contribution in [3.63, 3.8) is 0 Å². The fourth-order valence-corrected chi connectivity index (χ4v) is 2.60. The molecule has 0 saturated carbocycles. The molecule has 2 atom stereocenters. The highest BCUT2D eigenvalue weighted by atomic mass is 16.5. The molecule has 6 nitrogen and oxygen atoms in total. The Morgan fingerprint density at radius 2 is 1.72 bits per heavy atom. The van der Waals surface area contributed by atoms with Gasteiger partial charge in [0.2, 0.25) is 0 Å². The highest BCUT2D eigenvalue weighted by molar-refractivity contribution is 5.94. The molecular weight excluding hydrogens is 322 g/mol. The van der Waals surface area contributed by atoms with E-state index in [1.165, 1.54) is 0 Å². The molecule has 0 radical (unpaired) electrons. The number of rotatable bonds is 6. The first-order valence-electron chi connectivity index (χ1n) is 8.08. The number of carbonyl (C=O) groups is 2. The molecule has 1 aliphatic rings. The molecule has 2 aromatic carbocycles. The molecule has 0 unspecified atom stereocenters. The minimum atomic E-state index is -1.03. The van der Waals surface area contributed by atoms with Crippen molar-refractivity contribution >= 4 is 17.6 Å². The average Bonchev–Trinajstić information content (AvgIpc) is 3.13. The molecule has 0 spiro atoms. The Morgan fingerprint density at radius 1 is 1.04 bits per heavy atom. The van der Waals surface area contributed by atoms with Gasteiger partial charge in [-0.1, -0.05) is 30.3 Å². The van der Waals surface area contributed by atoms with Crippen LogP contribution in [0.4, 0.5) is 5.69 Å². The first kappa shape index (κ1) is 17.0. The Morgan fingerprint density at radius 3 is 2.36 bits per heavy atom. The van der Waals surface area contributed by atoms with Crippen molar-refractivity contribution < 1.29 is 24.2 Å². The van der Waals surface area contributed by atoms with E-state index in [9.17, 15) is 9.59 Å². The molecule has 0 aromatic heterocycles. The molecule has 130 valence electrons. The number of carboxylic acids is 1. The number of carbonyl (C=O) groups excluding carboxylic acids is 1. The van der Waals surface area contributed by atoms with Crippen LogP contribution in [0.15, 0.2) is 54.6 Å². The Labute approximate surface area is 145 Å². The molecule has 1 amide bonds. The summed E-state index contributed by atoms with van der Waals surface area (Å²) in [6.07, 6.45) is -0.856. The minimum Gasteiger partial charge on any atom is -0.489 e. The van der Waals surface area contributed by atoms with Crippen molar-refractivity contribution in [3.05, 3.63) is 60.2 Å². The number of hydrogen-bond acceptors (Lipinski definition) is 4. The molecule has 1 fully saturated rings. The molecule has 1 aliphatic heterocycles. The van der Waals surface area contributed by atoms with Gasteiger partial charge in [0, 0.05) is 5.69 Å². The van der Waals surface area contributed by atoms with Gasteiger partial charge in [0.05, 0.1) is 0 Å².